The number of allylic oxidation sites excluding steroid dienone is 2. The molecule has 27 heavy (non-hydrogen) atoms. The van der Waals surface area contributed by atoms with Crippen molar-refractivity contribution in [1.82, 2.24) is 4.57 Å². The molecule has 2 aromatic carbocycles. The lowest BCUT2D eigenvalue weighted by atomic mass is 9.86. The number of hydrogen-bond acceptors (Lipinski definition) is 4. The Balaban J connectivity index is 1.81. The topological polar surface area (TPSA) is 88.5 Å². The van der Waals surface area contributed by atoms with Crippen LogP contribution < -0.4 is 0 Å². The number of aromatic hydroxyl groups is 2. The quantitative estimate of drug-likeness (QED) is 0.387. The van der Waals surface area contributed by atoms with Gasteiger partial charge in [0.2, 0.25) is 11.8 Å². The summed E-state index contributed by atoms with van der Waals surface area (Å²) in [5, 5.41) is 34.5. The van der Waals surface area contributed by atoms with E-state index in [9.17, 15) is 20.3 Å². The van der Waals surface area contributed by atoms with Gasteiger partial charge in [-0.2, -0.15) is 0 Å². The van der Waals surface area contributed by atoms with Gasteiger partial charge in [-0.05, 0) is 25.0 Å². The average Bonchev–Trinajstić information content (AvgIpc) is 2.87. The first-order valence-electron chi connectivity index (χ1n) is 9.09. The summed E-state index contributed by atoms with van der Waals surface area (Å²) >= 11 is 0. The van der Waals surface area contributed by atoms with Gasteiger partial charge >= 0.3 is 0 Å². The van der Waals surface area contributed by atoms with Crippen LogP contribution in [0.4, 0.5) is 5.69 Å². The molecule has 3 aliphatic rings. The zero-order valence-electron chi connectivity index (χ0n) is 14.5. The molecule has 0 saturated heterocycles. The summed E-state index contributed by atoms with van der Waals surface area (Å²) in [5.74, 6) is 0.246. The first kappa shape index (κ1) is 15.9. The van der Waals surface area contributed by atoms with Crippen LogP contribution >= 0.6 is 0 Å². The summed E-state index contributed by atoms with van der Waals surface area (Å²) in [5.41, 5.74) is 2.13. The third kappa shape index (κ3) is 2.13. The molecule has 3 aromatic rings. The van der Waals surface area contributed by atoms with Crippen molar-refractivity contribution in [2.24, 2.45) is 0 Å². The lowest BCUT2D eigenvalue weighted by molar-refractivity contribution is -0.383. The molecular formula is C21H18N2O4. The Bertz CT molecular complexity index is 1090. The highest BCUT2D eigenvalue weighted by atomic mass is 16.6. The summed E-state index contributed by atoms with van der Waals surface area (Å²) < 4.78 is 1.44. The van der Waals surface area contributed by atoms with Crippen molar-refractivity contribution in [2.45, 2.75) is 31.1 Å². The predicted molar refractivity (Wildman–Crippen MR) is 102 cm³/mol. The SMILES string of the molecule is O=[N+]([O-])c1ccc(-n2c(O)c3c(c2O)C2C=CC3CCC2)c2ccccc12. The van der Waals surface area contributed by atoms with Crippen molar-refractivity contribution in [3.63, 3.8) is 0 Å². The normalized spacial score (nSPS) is 20.6. The van der Waals surface area contributed by atoms with E-state index in [4.69, 9.17) is 0 Å². The molecule has 1 heterocycles. The molecule has 136 valence electrons. The number of non-ortho nitro benzene ring substituents is 1. The second-order valence-electron chi connectivity index (χ2n) is 7.25. The Labute approximate surface area is 155 Å². The third-order valence-corrected chi connectivity index (χ3v) is 5.86. The van der Waals surface area contributed by atoms with Gasteiger partial charge in [-0.1, -0.05) is 36.8 Å². The molecule has 0 aliphatic heterocycles. The van der Waals surface area contributed by atoms with Crippen molar-refractivity contribution < 1.29 is 15.1 Å². The number of benzene rings is 2. The molecule has 6 heteroatoms. The summed E-state index contributed by atoms with van der Waals surface area (Å²) in [6.45, 7) is 0. The maximum absolute atomic E-state index is 11.4. The molecule has 3 aliphatic carbocycles. The van der Waals surface area contributed by atoms with Crippen LogP contribution in [0.25, 0.3) is 16.5 Å². The van der Waals surface area contributed by atoms with Crippen LogP contribution in [0.15, 0.2) is 48.6 Å². The van der Waals surface area contributed by atoms with Gasteiger partial charge in [0, 0.05) is 34.4 Å². The largest absolute Gasteiger partial charge is 0.494 e. The van der Waals surface area contributed by atoms with Crippen LogP contribution in [0.3, 0.4) is 0 Å². The van der Waals surface area contributed by atoms with E-state index in [0.717, 1.165) is 30.4 Å². The lowest BCUT2D eigenvalue weighted by Crippen LogP contribution is -2.02. The predicted octanol–water partition coefficient (Wildman–Crippen LogP) is 4.87. The smallest absolute Gasteiger partial charge is 0.277 e. The number of fused-ring (bicyclic) bond motifs is 3. The maximum Gasteiger partial charge on any atom is 0.277 e. The standard InChI is InChI=1S/C21H18N2O4/c24-20-18-12-4-3-5-13(9-8-12)19(18)21(25)22(20)16-10-11-17(23(26)27)15-7-2-1-6-14(15)16/h1-2,6-13,24-25H,3-5H2. The zero-order chi connectivity index (χ0) is 18.7. The average molecular weight is 362 g/mol. The first-order chi connectivity index (χ1) is 13.1. The van der Waals surface area contributed by atoms with E-state index in [1.165, 1.54) is 10.6 Å². The van der Waals surface area contributed by atoms with Crippen molar-refractivity contribution in [3.8, 4) is 17.4 Å². The fraction of sp³-hybridized carbons (Fsp3) is 0.238. The van der Waals surface area contributed by atoms with Crippen LogP contribution in [0, 0.1) is 10.1 Å². The van der Waals surface area contributed by atoms with Crippen molar-refractivity contribution in [1.29, 1.82) is 0 Å². The second-order valence-corrected chi connectivity index (χ2v) is 7.25. The fourth-order valence-corrected chi connectivity index (χ4v) is 4.66. The number of rotatable bonds is 2. The Hall–Kier alpha value is -3.28. The number of aromatic nitrogens is 1. The van der Waals surface area contributed by atoms with Gasteiger partial charge in [0.25, 0.3) is 5.69 Å². The molecule has 0 spiro atoms. The summed E-state index contributed by atoms with van der Waals surface area (Å²) in [6.07, 6.45) is 7.18. The molecule has 2 bridgehead atoms. The Morgan fingerprint density at radius 1 is 0.926 bits per heavy atom. The Morgan fingerprint density at radius 2 is 1.52 bits per heavy atom. The van der Waals surface area contributed by atoms with Crippen molar-refractivity contribution in [3.05, 3.63) is 69.8 Å². The molecule has 0 fully saturated rings. The molecule has 0 saturated carbocycles. The van der Waals surface area contributed by atoms with Gasteiger partial charge in [-0.3, -0.25) is 14.7 Å². The number of nitrogens with zero attached hydrogens (tertiary/aromatic N) is 2. The van der Waals surface area contributed by atoms with Gasteiger partial charge in [0.05, 0.1) is 16.0 Å². The molecule has 2 atom stereocenters. The van der Waals surface area contributed by atoms with E-state index in [0.29, 0.717) is 16.5 Å². The fourth-order valence-electron chi connectivity index (χ4n) is 4.66. The minimum absolute atomic E-state index is 0.00350. The van der Waals surface area contributed by atoms with E-state index in [-0.39, 0.29) is 29.3 Å². The van der Waals surface area contributed by atoms with Gasteiger partial charge in [-0.25, -0.2) is 0 Å². The molecular weight excluding hydrogens is 344 g/mol. The lowest BCUT2D eigenvalue weighted by Gasteiger charge is -2.17. The van der Waals surface area contributed by atoms with E-state index < -0.39 is 4.92 Å². The maximum atomic E-state index is 11.4. The third-order valence-electron chi connectivity index (χ3n) is 5.86. The minimum Gasteiger partial charge on any atom is -0.494 e. The van der Waals surface area contributed by atoms with Crippen LogP contribution in [-0.2, 0) is 0 Å². The zero-order valence-corrected chi connectivity index (χ0v) is 14.5. The van der Waals surface area contributed by atoms with Gasteiger partial charge < -0.3 is 10.2 Å². The van der Waals surface area contributed by atoms with Crippen LogP contribution in [0.1, 0.15) is 42.2 Å². The molecule has 2 unspecified atom stereocenters. The van der Waals surface area contributed by atoms with E-state index in [2.05, 4.69) is 12.2 Å². The highest BCUT2D eigenvalue weighted by Crippen LogP contribution is 2.53. The van der Waals surface area contributed by atoms with Crippen molar-refractivity contribution >= 4 is 16.5 Å². The molecule has 2 N–H and O–H groups in total. The molecule has 0 radical (unpaired) electrons. The summed E-state index contributed by atoms with van der Waals surface area (Å²) in [6, 6.07) is 10.0. The summed E-state index contributed by atoms with van der Waals surface area (Å²) in [7, 11) is 0. The number of nitro groups is 1. The molecule has 0 amide bonds. The number of nitro benzene ring substituents is 1. The highest BCUT2D eigenvalue weighted by Gasteiger charge is 2.36. The second kappa shape index (κ2) is 5.61. The van der Waals surface area contributed by atoms with Crippen molar-refractivity contribution in [2.75, 3.05) is 0 Å². The van der Waals surface area contributed by atoms with Crippen LogP contribution in [0.2, 0.25) is 0 Å². The van der Waals surface area contributed by atoms with E-state index in [1.807, 2.05) is 0 Å². The van der Waals surface area contributed by atoms with Gasteiger partial charge in [-0.15, -0.1) is 0 Å². The summed E-state index contributed by atoms with van der Waals surface area (Å²) in [4.78, 5) is 11.0. The molecule has 1 aromatic heterocycles. The Morgan fingerprint density at radius 3 is 2.11 bits per heavy atom. The van der Waals surface area contributed by atoms with Crippen LogP contribution in [-0.4, -0.2) is 19.7 Å². The monoisotopic (exact) mass is 362 g/mol. The Kier molecular flexibility index (Phi) is 3.31. The van der Waals surface area contributed by atoms with E-state index in [1.54, 1.807) is 30.3 Å². The minimum atomic E-state index is -0.416. The highest BCUT2D eigenvalue weighted by molar-refractivity contribution is 5.97. The molecule has 6 rings (SSSR count). The van der Waals surface area contributed by atoms with Crippen LogP contribution in [0.5, 0.6) is 11.8 Å². The first-order valence-corrected chi connectivity index (χ1v) is 9.09. The van der Waals surface area contributed by atoms with E-state index >= 15 is 0 Å². The van der Waals surface area contributed by atoms with Gasteiger partial charge in [0.1, 0.15) is 0 Å². The number of hydrogen-bond donors (Lipinski definition) is 2. The van der Waals surface area contributed by atoms with Gasteiger partial charge in [0.15, 0.2) is 0 Å². The molecule has 6 nitrogen and oxygen atoms in total.